The van der Waals surface area contributed by atoms with Crippen molar-refractivity contribution in [3.63, 3.8) is 0 Å². The Bertz CT molecular complexity index is 470. The minimum atomic E-state index is -0.310. The van der Waals surface area contributed by atoms with Gasteiger partial charge in [-0.15, -0.1) is 0 Å². The van der Waals surface area contributed by atoms with E-state index < -0.39 is 0 Å². The van der Waals surface area contributed by atoms with Crippen molar-refractivity contribution >= 4 is 17.5 Å². The largest absolute Gasteiger partial charge is 0.399 e. The summed E-state index contributed by atoms with van der Waals surface area (Å²) in [4.78, 5) is 24.9. The van der Waals surface area contributed by atoms with Crippen LogP contribution in [0.1, 0.15) is 25.5 Å². The van der Waals surface area contributed by atoms with Gasteiger partial charge >= 0.3 is 0 Å². The third-order valence-corrected chi connectivity index (χ3v) is 3.38. The summed E-state index contributed by atoms with van der Waals surface area (Å²) >= 11 is 0. The van der Waals surface area contributed by atoms with Crippen molar-refractivity contribution in [2.75, 3.05) is 12.3 Å². The third-order valence-electron chi connectivity index (χ3n) is 3.38. The van der Waals surface area contributed by atoms with Gasteiger partial charge < -0.3 is 5.73 Å². The highest BCUT2D eigenvalue weighted by Gasteiger charge is 2.33. The maximum absolute atomic E-state index is 11.6. The molecule has 1 saturated heterocycles. The molecule has 1 aliphatic rings. The monoisotopic (exact) mass is 247 g/mol. The molecule has 2 unspecified atom stereocenters. The molecule has 1 fully saturated rings. The normalized spacial score (nSPS) is 22.7. The SMILES string of the molecule is CC1C(=O)NC(=O)CN1C(C)c1ccc(N)cc1. The number of imide groups is 1. The van der Waals surface area contributed by atoms with Crippen LogP contribution in [-0.4, -0.2) is 29.3 Å². The molecule has 96 valence electrons. The molecule has 0 radical (unpaired) electrons. The fraction of sp³-hybridized carbons (Fsp3) is 0.385. The highest BCUT2D eigenvalue weighted by atomic mass is 16.2. The Morgan fingerprint density at radius 1 is 1.33 bits per heavy atom. The number of nitrogens with two attached hydrogens (primary N) is 1. The Balaban J connectivity index is 2.21. The molecule has 0 bridgehead atoms. The van der Waals surface area contributed by atoms with Crippen molar-refractivity contribution < 1.29 is 9.59 Å². The van der Waals surface area contributed by atoms with Crippen molar-refractivity contribution in [2.45, 2.75) is 25.9 Å². The molecule has 0 aliphatic carbocycles. The summed E-state index contributed by atoms with van der Waals surface area (Å²) in [5, 5.41) is 2.33. The van der Waals surface area contributed by atoms with Crippen LogP contribution in [-0.2, 0) is 9.59 Å². The predicted octanol–water partition coefficient (Wildman–Crippen LogP) is 0.677. The maximum Gasteiger partial charge on any atom is 0.243 e. The Morgan fingerprint density at radius 3 is 2.56 bits per heavy atom. The second kappa shape index (κ2) is 4.78. The fourth-order valence-electron chi connectivity index (χ4n) is 2.17. The van der Waals surface area contributed by atoms with E-state index >= 15 is 0 Å². The molecule has 5 heteroatoms. The van der Waals surface area contributed by atoms with Crippen LogP contribution in [0.5, 0.6) is 0 Å². The second-order valence-electron chi connectivity index (χ2n) is 4.60. The van der Waals surface area contributed by atoms with Gasteiger partial charge in [-0.1, -0.05) is 12.1 Å². The minimum Gasteiger partial charge on any atom is -0.399 e. The van der Waals surface area contributed by atoms with Crippen molar-refractivity contribution in [1.29, 1.82) is 0 Å². The maximum atomic E-state index is 11.6. The van der Waals surface area contributed by atoms with E-state index in [2.05, 4.69) is 5.32 Å². The molecular formula is C13H17N3O2. The molecule has 2 amide bonds. The van der Waals surface area contributed by atoms with E-state index in [4.69, 9.17) is 5.73 Å². The van der Waals surface area contributed by atoms with Gasteiger partial charge in [0, 0.05) is 11.7 Å². The van der Waals surface area contributed by atoms with Gasteiger partial charge in [-0.3, -0.25) is 19.8 Å². The number of nitrogens with one attached hydrogen (secondary N) is 1. The molecule has 1 aromatic carbocycles. The van der Waals surface area contributed by atoms with Gasteiger partial charge in [0.1, 0.15) is 0 Å². The highest BCUT2D eigenvalue weighted by Crippen LogP contribution is 2.24. The van der Waals surface area contributed by atoms with Crippen LogP contribution in [0.15, 0.2) is 24.3 Å². The Morgan fingerprint density at radius 2 is 1.94 bits per heavy atom. The van der Waals surface area contributed by atoms with E-state index in [1.807, 2.05) is 36.1 Å². The molecule has 5 nitrogen and oxygen atoms in total. The average molecular weight is 247 g/mol. The molecular weight excluding hydrogens is 230 g/mol. The zero-order valence-electron chi connectivity index (χ0n) is 10.5. The van der Waals surface area contributed by atoms with Gasteiger partial charge in [-0.2, -0.15) is 0 Å². The topological polar surface area (TPSA) is 75.4 Å². The number of amides is 2. The number of carbonyl (C=O) groups excluding carboxylic acids is 2. The summed E-state index contributed by atoms with van der Waals surface area (Å²) < 4.78 is 0. The smallest absolute Gasteiger partial charge is 0.243 e. The van der Waals surface area contributed by atoms with Gasteiger partial charge in [0.15, 0.2) is 0 Å². The molecule has 1 aliphatic heterocycles. The molecule has 0 aromatic heterocycles. The summed E-state index contributed by atoms with van der Waals surface area (Å²) in [5.41, 5.74) is 7.39. The summed E-state index contributed by atoms with van der Waals surface area (Å²) in [6.07, 6.45) is 0. The number of nitrogens with zero attached hydrogens (tertiary/aromatic N) is 1. The van der Waals surface area contributed by atoms with E-state index in [0.29, 0.717) is 5.69 Å². The number of anilines is 1. The molecule has 1 heterocycles. The molecule has 2 rings (SSSR count). The Hall–Kier alpha value is -1.88. The highest BCUT2D eigenvalue weighted by molar-refractivity contribution is 6.00. The first kappa shape index (κ1) is 12.6. The van der Waals surface area contributed by atoms with E-state index in [9.17, 15) is 9.59 Å². The van der Waals surface area contributed by atoms with E-state index in [1.54, 1.807) is 6.92 Å². The summed E-state index contributed by atoms with van der Waals surface area (Å²) in [7, 11) is 0. The van der Waals surface area contributed by atoms with Crippen molar-refractivity contribution in [2.24, 2.45) is 0 Å². The summed E-state index contributed by atoms with van der Waals surface area (Å²) in [6.45, 7) is 4.02. The second-order valence-corrected chi connectivity index (χ2v) is 4.60. The van der Waals surface area contributed by atoms with Gasteiger partial charge in [-0.25, -0.2) is 0 Å². The lowest BCUT2D eigenvalue weighted by atomic mass is 10.0. The molecule has 3 N–H and O–H groups in total. The lowest BCUT2D eigenvalue weighted by Crippen LogP contribution is -2.57. The van der Waals surface area contributed by atoms with Crippen LogP contribution >= 0.6 is 0 Å². The van der Waals surface area contributed by atoms with Crippen molar-refractivity contribution in [3.05, 3.63) is 29.8 Å². The number of rotatable bonds is 2. The summed E-state index contributed by atoms with van der Waals surface area (Å²) in [5.74, 6) is -0.492. The molecule has 18 heavy (non-hydrogen) atoms. The Kier molecular flexibility index (Phi) is 3.34. The number of carbonyl (C=O) groups is 2. The first-order valence-corrected chi connectivity index (χ1v) is 5.94. The quantitative estimate of drug-likeness (QED) is 0.595. The number of hydrogen-bond donors (Lipinski definition) is 2. The summed E-state index contributed by atoms with van der Waals surface area (Å²) in [6, 6.07) is 7.17. The minimum absolute atomic E-state index is 0.00407. The number of benzene rings is 1. The zero-order valence-corrected chi connectivity index (χ0v) is 10.5. The molecule has 1 aromatic rings. The number of piperazine rings is 1. The van der Waals surface area contributed by atoms with Crippen molar-refractivity contribution in [1.82, 2.24) is 10.2 Å². The van der Waals surface area contributed by atoms with Crippen LogP contribution in [0.2, 0.25) is 0 Å². The van der Waals surface area contributed by atoms with Crippen LogP contribution in [0.3, 0.4) is 0 Å². The van der Waals surface area contributed by atoms with E-state index in [-0.39, 0.29) is 30.4 Å². The van der Waals surface area contributed by atoms with Crippen molar-refractivity contribution in [3.8, 4) is 0 Å². The van der Waals surface area contributed by atoms with E-state index in [0.717, 1.165) is 5.56 Å². The van der Waals surface area contributed by atoms with Gasteiger partial charge in [-0.05, 0) is 31.5 Å². The van der Waals surface area contributed by atoms with Crippen LogP contribution in [0.4, 0.5) is 5.69 Å². The average Bonchev–Trinajstić information content (AvgIpc) is 2.34. The third kappa shape index (κ3) is 2.36. The molecule has 2 atom stereocenters. The van der Waals surface area contributed by atoms with Crippen LogP contribution in [0, 0.1) is 0 Å². The first-order valence-electron chi connectivity index (χ1n) is 5.94. The van der Waals surface area contributed by atoms with Crippen LogP contribution in [0.25, 0.3) is 0 Å². The predicted molar refractivity (Wildman–Crippen MR) is 68.6 cm³/mol. The van der Waals surface area contributed by atoms with Gasteiger partial charge in [0.25, 0.3) is 0 Å². The van der Waals surface area contributed by atoms with E-state index in [1.165, 1.54) is 0 Å². The number of nitrogen functional groups attached to an aromatic ring is 1. The number of hydrogen-bond acceptors (Lipinski definition) is 4. The first-order chi connectivity index (χ1) is 8.49. The van der Waals surface area contributed by atoms with Crippen LogP contribution < -0.4 is 11.1 Å². The zero-order chi connectivity index (χ0) is 13.3. The van der Waals surface area contributed by atoms with Gasteiger partial charge in [0.2, 0.25) is 11.8 Å². The fourth-order valence-corrected chi connectivity index (χ4v) is 2.17. The molecule has 0 spiro atoms. The van der Waals surface area contributed by atoms with Gasteiger partial charge in [0.05, 0.1) is 12.6 Å². The standard InChI is InChI=1S/C13H17N3O2/c1-8(10-3-5-11(14)6-4-10)16-7-12(17)15-13(18)9(16)2/h3-6,8-9H,7,14H2,1-2H3,(H,15,17,18). The molecule has 0 saturated carbocycles. The Labute approximate surface area is 106 Å². The lowest BCUT2D eigenvalue weighted by molar-refractivity contribution is -0.140. The lowest BCUT2D eigenvalue weighted by Gasteiger charge is -2.36.